The Morgan fingerprint density at radius 3 is 2.42 bits per heavy atom. The molecule has 10 heteroatoms. The molecule has 2 N–H and O–H groups in total. The summed E-state index contributed by atoms with van der Waals surface area (Å²) in [6.45, 7) is 4.09. The summed E-state index contributed by atoms with van der Waals surface area (Å²) in [4.78, 5) is 34.4. The van der Waals surface area contributed by atoms with Crippen molar-refractivity contribution >= 4 is 27.9 Å². The van der Waals surface area contributed by atoms with E-state index < -0.39 is 41.1 Å². The van der Waals surface area contributed by atoms with Crippen molar-refractivity contribution in [3.8, 4) is 0 Å². The van der Waals surface area contributed by atoms with Crippen LogP contribution in [0.5, 0.6) is 0 Å². The molecule has 0 saturated heterocycles. The van der Waals surface area contributed by atoms with Crippen molar-refractivity contribution < 1.29 is 27.5 Å². The van der Waals surface area contributed by atoms with Crippen molar-refractivity contribution in [2.24, 2.45) is 0 Å². The third kappa shape index (κ3) is 6.65. The first-order valence-electron chi connectivity index (χ1n) is 7.54. The summed E-state index contributed by atoms with van der Waals surface area (Å²) in [6.07, 6.45) is 1.43. The average Bonchev–Trinajstić information content (AvgIpc) is 2.58. The van der Waals surface area contributed by atoms with E-state index >= 15 is 0 Å². The zero-order valence-corrected chi connectivity index (χ0v) is 15.3. The fourth-order valence-electron chi connectivity index (χ4n) is 1.72. The van der Waals surface area contributed by atoms with Gasteiger partial charge in [0, 0.05) is 13.6 Å². The van der Waals surface area contributed by atoms with Gasteiger partial charge in [-0.25, -0.2) is 13.2 Å². The number of ether oxygens (including phenoxy) is 1. The lowest BCUT2D eigenvalue weighted by molar-refractivity contribution is -0.148. The van der Waals surface area contributed by atoms with Crippen molar-refractivity contribution in [2.45, 2.75) is 11.8 Å². The van der Waals surface area contributed by atoms with Crippen LogP contribution in [0, 0.1) is 6.92 Å². The molecular weight excluding hydrogens is 362 g/mol. The first-order chi connectivity index (χ1) is 12.2. The van der Waals surface area contributed by atoms with Gasteiger partial charge in [-0.3, -0.25) is 14.9 Å². The Hall–Kier alpha value is -2.72. The number of benzene rings is 1. The number of aryl methyl sites for hydroxylation is 1. The van der Waals surface area contributed by atoms with Gasteiger partial charge in [-0.05, 0) is 19.1 Å². The molecule has 1 rings (SSSR count). The van der Waals surface area contributed by atoms with Crippen LogP contribution >= 0.6 is 0 Å². The average molecular weight is 383 g/mol. The Morgan fingerprint density at radius 2 is 1.85 bits per heavy atom. The largest absolute Gasteiger partial charge is 0.455 e. The number of nitrogens with zero attached hydrogens (tertiary/aromatic N) is 1. The van der Waals surface area contributed by atoms with Crippen molar-refractivity contribution in [1.82, 2.24) is 14.9 Å². The van der Waals surface area contributed by atoms with E-state index in [1.807, 2.05) is 12.2 Å². The van der Waals surface area contributed by atoms with Gasteiger partial charge in [-0.2, -0.15) is 4.31 Å². The maximum atomic E-state index is 12.3. The molecule has 0 radical (unpaired) electrons. The Balaban J connectivity index is 2.51. The molecule has 0 aliphatic heterocycles. The molecule has 1 aromatic rings. The fraction of sp³-hybridized carbons (Fsp3) is 0.312. The van der Waals surface area contributed by atoms with Crippen LogP contribution in [-0.4, -0.2) is 57.4 Å². The summed E-state index contributed by atoms with van der Waals surface area (Å²) in [7, 11) is -2.64. The van der Waals surface area contributed by atoms with Crippen molar-refractivity contribution in [1.29, 1.82) is 0 Å². The normalized spacial score (nSPS) is 10.9. The molecule has 3 amide bonds. The second kappa shape index (κ2) is 9.68. The first-order valence-corrected chi connectivity index (χ1v) is 8.98. The summed E-state index contributed by atoms with van der Waals surface area (Å²) < 4.78 is 30.2. The van der Waals surface area contributed by atoms with Crippen LogP contribution in [0.4, 0.5) is 4.79 Å². The number of carbonyl (C=O) groups is 3. The molecule has 9 nitrogen and oxygen atoms in total. The van der Waals surface area contributed by atoms with E-state index in [4.69, 9.17) is 0 Å². The highest BCUT2D eigenvalue weighted by molar-refractivity contribution is 7.89. The quantitative estimate of drug-likeness (QED) is 0.487. The van der Waals surface area contributed by atoms with E-state index in [1.54, 1.807) is 12.1 Å². The molecule has 26 heavy (non-hydrogen) atoms. The minimum absolute atomic E-state index is 0.0371. The van der Waals surface area contributed by atoms with E-state index in [2.05, 4.69) is 16.6 Å². The predicted molar refractivity (Wildman–Crippen MR) is 93.7 cm³/mol. The number of rotatable bonds is 8. The lowest BCUT2D eigenvalue weighted by Gasteiger charge is -2.16. The molecule has 0 heterocycles. The molecule has 0 aliphatic carbocycles. The van der Waals surface area contributed by atoms with E-state index in [0.29, 0.717) is 0 Å². The summed E-state index contributed by atoms with van der Waals surface area (Å²) in [6, 6.07) is 5.38. The maximum Gasteiger partial charge on any atom is 0.321 e. The van der Waals surface area contributed by atoms with E-state index in [9.17, 15) is 22.8 Å². The number of esters is 1. The number of urea groups is 1. The van der Waals surface area contributed by atoms with Crippen LogP contribution in [-0.2, 0) is 24.3 Å². The summed E-state index contributed by atoms with van der Waals surface area (Å²) in [5, 5.41) is 4.25. The van der Waals surface area contributed by atoms with Gasteiger partial charge in [-0.15, -0.1) is 6.58 Å². The van der Waals surface area contributed by atoms with Gasteiger partial charge >= 0.3 is 12.0 Å². The molecule has 1 aromatic carbocycles. The molecule has 0 bridgehead atoms. The third-order valence-corrected chi connectivity index (χ3v) is 4.92. The van der Waals surface area contributed by atoms with Crippen molar-refractivity contribution in [2.75, 3.05) is 26.7 Å². The van der Waals surface area contributed by atoms with Crippen LogP contribution in [0.15, 0.2) is 41.8 Å². The highest BCUT2D eigenvalue weighted by Crippen LogP contribution is 2.14. The number of carbonyl (C=O) groups excluding carboxylic acids is 3. The molecule has 142 valence electrons. The minimum atomic E-state index is -3.86. The van der Waals surface area contributed by atoms with E-state index in [1.165, 1.54) is 25.3 Å². The van der Waals surface area contributed by atoms with Gasteiger partial charge in [0.05, 0.1) is 4.90 Å². The Kier molecular flexibility index (Phi) is 7.94. The smallest absolute Gasteiger partial charge is 0.321 e. The lowest BCUT2D eigenvalue weighted by atomic mass is 10.2. The molecule has 0 fully saturated rings. The van der Waals surface area contributed by atoms with Crippen LogP contribution in [0.1, 0.15) is 5.56 Å². The number of imide groups is 1. The first kappa shape index (κ1) is 21.3. The zero-order chi connectivity index (χ0) is 19.7. The van der Waals surface area contributed by atoms with Gasteiger partial charge in [-0.1, -0.05) is 23.8 Å². The molecule has 0 aromatic heterocycles. The molecule has 0 unspecified atom stereocenters. The number of hydrogen-bond acceptors (Lipinski definition) is 6. The van der Waals surface area contributed by atoms with Crippen LogP contribution in [0.2, 0.25) is 0 Å². The topological polar surface area (TPSA) is 122 Å². The Morgan fingerprint density at radius 1 is 1.23 bits per heavy atom. The number of amides is 3. The SMILES string of the molecule is C=CCNC(=O)NC(=O)COC(=O)CN(C)S(=O)(=O)c1ccc(C)cc1. The molecule has 0 aliphatic rings. The van der Waals surface area contributed by atoms with Gasteiger partial charge in [0.2, 0.25) is 10.0 Å². The van der Waals surface area contributed by atoms with Crippen molar-refractivity contribution in [3.63, 3.8) is 0 Å². The van der Waals surface area contributed by atoms with Crippen LogP contribution in [0.25, 0.3) is 0 Å². The van der Waals surface area contributed by atoms with Gasteiger partial charge in [0.25, 0.3) is 5.91 Å². The monoisotopic (exact) mass is 383 g/mol. The third-order valence-electron chi connectivity index (χ3n) is 3.11. The van der Waals surface area contributed by atoms with Gasteiger partial charge < -0.3 is 10.1 Å². The van der Waals surface area contributed by atoms with Crippen LogP contribution < -0.4 is 10.6 Å². The molecule has 0 spiro atoms. The number of likely N-dealkylation sites (N-methyl/N-ethyl adjacent to an activating group) is 1. The summed E-state index contributed by atoms with van der Waals surface area (Å²) >= 11 is 0. The Bertz CT molecular complexity index is 774. The van der Waals surface area contributed by atoms with Gasteiger partial charge in [0.1, 0.15) is 6.54 Å². The number of sulfonamides is 1. The van der Waals surface area contributed by atoms with E-state index in [-0.39, 0.29) is 11.4 Å². The Labute approximate surface area is 152 Å². The summed E-state index contributed by atoms with van der Waals surface area (Å²) in [5.74, 6) is -1.77. The number of hydrogen-bond donors (Lipinski definition) is 2. The summed E-state index contributed by atoms with van der Waals surface area (Å²) in [5.41, 5.74) is 0.897. The molecule has 0 saturated carbocycles. The van der Waals surface area contributed by atoms with Crippen LogP contribution in [0.3, 0.4) is 0 Å². The lowest BCUT2D eigenvalue weighted by Crippen LogP contribution is -2.42. The second-order valence-electron chi connectivity index (χ2n) is 5.28. The van der Waals surface area contributed by atoms with Gasteiger partial charge in [0.15, 0.2) is 6.61 Å². The predicted octanol–water partition coefficient (Wildman–Crippen LogP) is 0.171. The fourth-order valence-corrected chi connectivity index (χ4v) is 2.84. The molecular formula is C16H21N3O6S. The minimum Gasteiger partial charge on any atom is -0.455 e. The zero-order valence-electron chi connectivity index (χ0n) is 14.5. The van der Waals surface area contributed by atoms with E-state index in [0.717, 1.165) is 9.87 Å². The highest BCUT2D eigenvalue weighted by atomic mass is 32.2. The maximum absolute atomic E-state index is 12.3. The molecule has 0 atom stereocenters. The highest BCUT2D eigenvalue weighted by Gasteiger charge is 2.23. The standard InChI is InChI=1S/C16H21N3O6S/c1-4-9-17-16(22)18-14(20)11-25-15(21)10-19(3)26(23,24)13-7-5-12(2)6-8-13/h4-8H,1,9-11H2,2-3H3,(H2,17,18,20,22). The second-order valence-corrected chi connectivity index (χ2v) is 7.33. The number of nitrogens with one attached hydrogen (secondary N) is 2. The van der Waals surface area contributed by atoms with Crippen molar-refractivity contribution in [3.05, 3.63) is 42.5 Å².